The van der Waals surface area contributed by atoms with Crippen LogP contribution in [0.2, 0.25) is 0 Å². The van der Waals surface area contributed by atoms with Crippen molar-refractivity contribution >= 4 is 23.7 Å². The fraction of sp³-hybridized carbons (Fsp3) is 0.742. The number of cyclic esters (lactones) is 1. The van der Waals surface area contributed by atoms with Crippen molar-refractivity contribution in [1.29, 1.82) is 0 Å². The summed E-state index contributed by atoms with van der Waals surface area (Å²) >= 11 is 0. The summed E-state index contributed by atoms with van der Waals surface area (Å²) in [5.74, 6) is -3.87. The minimum atomic E-state index is -2.17. The first-order valence-electron chi connectivity index (χ1n) is 14.5. The first-order valence-corrected chi connectivity index (χ1v) is 14.5. The third-order valence-corrected chi connectivity index (χ3v) is 11.6. The molecule has 0 radical (unpaired) electrons. The summed E-state index contributed by atoms with van der Waals surface area (Å²) < 4.78 is 28.9. The second kappa shape index (κ2) is 8.66. The SMILES string of the molecule is COC(=O)C[C@H]1C(C)(C)[C@H](OC(=O)C(C)C)[C@@]2(O)C(=O)[C@]1(C)C1CC[C@]3(C)C(CC(=O)O[C@H]3c3ccoc3)[C@]13O[C@@H]32. The molecule has 3 aliphatic carbocycles. The molecule has 2 saturated heterocycles. The average molecular weight is 573 g/mol. The van der Waals surface area contributed by atoms with Gasteiger partial charge in [-0.2, -0.15) is 0 Å². The lowest BCUT2D eigenvalue weighted by Gasteiger charge is -2.66. The molecule has 2 aliphatic heterocycles. The Kier molecular flexibility index (Phi) is 6.00. The zero-order valence-corrected chi connectivity index (χ0v) is 24.7. The van der Waals surface area contributed by atoms with E-state index in [9.17, 15) is 24.3 Å². The van der Waals surface area contributed by atoms with Crippen LogP contribution < -0.4 is 0 Å². The molecule has 224 valence electrons. The molecule has 0 aromatic carbocycles. The van der Waals surface area contributed by atoms with Crippen LogP contribution in [0.1, 0.15) is 78.9 Å². The first kappa shape index (κ1) is 28.4. The van der Waals surface area contributed by atoms with Gasteiger partial charge >= 0.3 is 17.9 Å². The van der Waals surface area contributed by atoms with Gasteiger partial charge < -0.3 is 28.5 Å². The molecule has 2 unspecified atom stereocenters. The van der Waals surface area contributed by atoms with Gasteiger partial charge in [-0.25, -0.2) is 0 Å². The summed E-state index contributed by atoms with van der Waals surface area (Å²) in [7, 11) is 1.30. The molecular formula is C31H40O10. The highest BCUT2D eigenvalue weighted by molar-refractivity contribution is 5.99. The van der Waals surface area contributed by atoms with Gasteiger partial charge in [0.1, 0.15) is 23.9 Å². The Bertz CT molecular complexity index is 1300. The number of rotatable bonds is 5. The van der Waals surface area contributed by atoms with Gasteiger partial charge in [0.05, 0.1) is 32.0 Å². The molecule has 1 aromatic rings. The molecule has 41 heavy (non-hydrogen) atoms. The summed E-state index contributed by atoms with van der Waals surface area (Å²) in [5.41, 5.74) is -5.30. The van der Waals surface area contributed by atoms with E-state index in [1.807, 2.05) is 20.8 Å². The molecule has 10 nitrogen and oxygen atoms in total. The van der Waals surface area contributed by atoms with Gasteiger partial charge in [0.25, 0.3) is 0 Å². The lowest BCUT2D eigenvalue weighted by atomic mass is 9.36. The van der Waals surface area contributed by atoms with E-state index in [1.165, 1.54) is 13.4 Å². The number of epoxide rings is 1. The molecule has 1 spiro atoms. The van der Waals surface area contributed by atoms with Crippen molar-refractivity contribution in [3.05, 3.63) is 24.2 Å². The molecule has 3 saturated carbocycles. The maximum Gasteiger partial charge on any atom is 0.308 e. The number of hydrogen-bond donors (Lipinski definition) is 1. The van der Waals surface area contributed by atoms with Gasteiger partial charge in [0, 0.05) is 40.1 Å². The molecule has 5 aliphatic rings. The summed E-state index contributed by atoms with van der Waals surface area (Å²) in [6, 6.07) is 1.78. The topological polar surface area (TPSA) is 142 Å². The Morgan fingerprint density at radius 1 is 1.15 bits per heavy atom. The summed E-state index contributed by atoms with van der Waals surface area (Å²) in [6.07, 6.45) is 1.39. The number of aliphatic hydroxyl groups is 1. The fourth-order valence-corrected chi connectivity index (χ4v) is 9.68. The van der Waals surface area contributed by atoms with Gasteiger partial charge in [0.15, 0.2) is 11.4 Å². The number of fused-ring (bicyclic) bond motifs is 5. The summed E-state index contributed by atoms with van der Waals surface area (Å²) in [6.45, 7) is 10.9. The van der Waals surface area contributed by atoms with Crippen molar-refractivity contribution in [3.63, 3.8) is 0 Å². The molecule has 1 aromatic heterocycles. The number of Topliss-reactive ketones (excluding diaryl/α,β-unsaturated/α-hetero) is 1. The number of methoxy groups -OCH3 is 1. The Morgan fingerprint density at radius 3 is 2.46 bits per heavy atom. The standard InChI is InChI=1S/C31H40O10/c1-15(2)23(34)40-25-27(3,4)18(12-20(32)37-7)29(6)17-8-10-28(5)19(31(17)26(41-31)30(25,36)24(29)35)13-21(33)39-22(28)16-9-11-38-14-16/h9,11,14-15,17-19,22,25-26,36H,8,10,12-13H2,1-7H3/t17?,18-,19?,22-,25-,26+,28+,29+,30-,31+/m0/s1. The highest BCUT2D eigenvalue weighted by Gasteiger charge is 2.90. The van der Waals surface area contributed by atoms with Crippen molar-refractivity contribution in [2.24, 2.45) is 39.9 Å². The Hall–Kier alpha value is -2.72. The second-order valence-corrected chi connectivity index (χ2v) is 14.2. The number of esters is 3. The van der Waals surface area contributed by atoms with Crippen LogP contribution in [0.5, 0.6) is 0 Å². The summed E-state index contributed by atoms with van der Waals surface area (Å²) in [5, 5.41) is 12.6. The minimum Gasteiger partial charge on any atom is -0.472 e. The zero-order valence-electron chi connectivity index (χ0n) is 24.7. The van der Waals surface area contributed by atoms with Gasteiger partial charge in [-0.3, -0.25) is 19.2 Å². The maximum atomic E-state index is 14.6. The normalized spacial score (nSPS) is 45.6. The molecule has 10 atom stereocenters. The van der Waals surface area contributed by atoms with Crippen molar-refractivity contribution < 1.29 is 47.6 Å². The van der Waals surface area contributed by atoms with Crippen LogP contribution in [0, 0.1) is 39.9 Å². The van der Waals surface area contributed by atoms with Crippen LogP contribution in [-0.4, -0.2) is 59.3 Å². The molecule has 3 heterocycles. The van der Waals surface area contributed by atoms with Crippen molar-refractivity contribution in [2.45, 2.75) is 96.7 Å². The largest absolute Gasteiger partial charge is 0.472 e. The third kappa shape index (κ3) is 3.37. The summed E-state index contributed by atoms with van der Waals surface area (Å²) in [4.78, 5) is 53.6. The predicted octanol–water partition coefficient (Wildman–Crippen LogP) is 3.54. The number of furan rings is 1. The van der Waals surface area contributed by atoms with Crippen molar-refractivity contribution in [2.75, 3.05) is 7.11 Å². The quantitative estimate of drug-likeness (QED) is 0.316. The van der Waals surface area contributed by atoms with E-state index in [1.54, 1.807) is 26.2 Å². The van der Waals surface area contributed by atoms with Crippen LogP contribution in [0.3, 0.4) is 0 Å². The average Bonchev–Trinajstić information content (AvgIpc) is 3.40. The molecular weight excluding hydrogens is 532 g/mol. The first-order chi connectivity index (χ1) is 19.1. The van der Waals surface area contributed by atoms with Crippen LogP contribution >= 0.6 is 0 Å². The van der Waals surface area contributed by atoms with Crippen LogP contribution in [0.25, 0.3) is 0 Å². The highest BCUT2D eigenvalue weighted by Crippen LogP contribution is 2.78. The van der Waals surface area contributed by atoms with E-state index < -0.39 is 93.1 Å². The van der Waals surface area contributed by atoms with Gasteiger partial charge in [-0.15, -0.1) is 0 Å². The van der Waals surface area contributed by atoms with E-state index in [2.05, 4.69) is 6.92 Å². The second-order valence-electron chi connectivity index (χ2n) is 14.2. The van der Waals surface area contributed by atoms with E-state index in [-0.39, 0.29) is 12.8 Å². The van der Waals surface area contributed by atoms with E-state index >= 15 is 0 Å². The van der Waals surface area contributed by atoms with Crippen molar-refractivity contribution in [3.8, 4) is 0 Å². The Labute approximate surface area is 239 Å². The molecule has 0 amide bonds. The van der Waals surface area contributed by atoms with E-state index in [0.717, 1.165) is 5.56 Å². The number of hydrogen-bond acceptors (Lipinski definition) is 10. The number of ketones is 1. The number of carbonyl (C=O) groups excluding carboxylic acids is 4. The zero-order chi connectivity index (χ0) is 29.9. The molecule has 10 heteroatoms. The van der Waals surface area contributed by atoms with Crippen LogP contribution in [-0.2, 0) is 38.1 Å². The van der Waals surface area contributed by atoms with E-state index in [4.69, 9.17) is 23.4 Å². The minimum absolute atomic E-state index is 0.0553. The van der Waals surface area contributed by atoms with Crippen molar-refractivity contribution in [1.82, 2.24) is 0 Å². The lowest BCUT2D eigenvalue weighted by molar-refractivity contribution is -0.252. The molecule has 1 N–H and O–H groups in total. The maximum absolute atomic E-state index is 14.6. The van der Waals surface area contributed by atoms with Crippen LogP contribution in [0.15, 0.2) is 23.0 Å². The molecule has 2 bridgehead atoms. The lowest BCUT2D eigenvalue weighted by Crippen LogP contribution is -2.80. The number of carbonyl (C=O) groups is 4. The Balaban J connectivity index is 1.53. The predicted molar refractivity (Wildman–Crippen MR) is 141 cm³/mol. The third-order valence-electron chi connectivity index (χ3n) is 11.6. The van der Waals surface area contributed by atoms with Gasteiger partial charge in [-0.05, 0) is 24.8 Å². The molecule has 6 rings (SSSR count). The van der Waals surface area contributed by atoms with Crippen LogP contribution in [0.4, 0.5) is 0 Å². The smallest absolute Gasteiger partial charge is 0.308 e. The van der Waals surface area contributed by atoms with E-state index in [0.29, 0.717) is 12.8 Å². The molecule has 5 fully saturated rings. The fourth-order valence-electron chi connectivity index (χ4n) is 9.68. The Morgan fingerprint density at radius 2 is 1.85 bits per heavy atom. The van der Waals surface area contributed by atoms with Gasteiger partial charge in [0.2, 0.25) is 0 Å². The number of ether oxygens (including phenoxy) is 4. The monoisotopic (exact) mass is 572 g/mol. The highest BCUT2D eigenvalue weighted by atomic mass is 16.6. The van der Waals surface area contributed by atoms with Gasteiger partial charge in [-0.1, -0.05) is 41.5 Å².